The van der Waals surface area contributed by atoms with Gasteiger partial charge in [-0.05, 0) is 26.2 Å². The number of amides is 1. The van der Waals surface area contributed by atoms with E-state index < -0.39 is 0 Å². The molecule has 1 fully saturated rings. The molecule has 0 aromatic heterocycles. The number of likely N-dealkylation sites (N-methyl/N-ethyl adjacent to an activating group) is 2. The molecule has 0 aromatic carbocycles. The maximum absolute atomic E-state index is 11.4. The predicted molar refractivity (Wildman–Crippen MR) is 53.3 cm³/mol. The molecule has 0 spiro atoms. The molecule has 0 aliphatic carbocycles. The summed E-state index contributed by atoms with van der Waals surface area (Å²) in [6.07, 6.45) is 3.88. The first-order chi connectivity index (χ1) is 6.16. The smallest absolute Gasteiger partial charge is 0.275 e. The van der Waals surface area contributed by atoms with Crippen LogP contribution < -0.4 is 5.32 Å². The van der Waals surface area contributed by atoms with E-state index in [-0.39, 0.29) is 5.91 Å². The molecular formula is C10H21N2O+. The van der Waals surface area contributed by atoms with E-state index >= 15 is 0 Å². The van der Waals surface area contributed by atoms with Crippen molar-refractivity contribution in [2.45, 2.75) is 26.2 Å². The van der Waals surface area contributed by atoms with Gasteiger partial charge in [-0.25, -0.2) is 0 Å². The molecule has 0 bridgehead atoms. The van der Waals surface area contributed by atoms with Crippen LogP contribution in [0.5, 0.6) is 0 Å². The van der Waals surface area contributed by atoms with Crippen molar-refractivity contribution in [3.8, 4) is 0 Å². The van der Waals surface area contributed by atoms with E-state index in [2.05, 4.69) is 12.4 Å². The average Bonchev–Trinajstić information content (AvgIpc) is 2.04. The molecule has 76 valence electrons. The standard InChI is InChI=1S/C10H20N2O/c1-3-11-10(13)9-12(2)7-5-4-6-8-12/h3-9H2,1-2H3/p+1. The van der Waals surface area contributed by atoms with Gasteiger partial charge in [-0.1, -0.05) is 0 Å². The Morgan fingerprint density at radius 3 is 2.46 bits per heavy atom. The van der Waals surface area contributed by atoms with Crippen molar-refractivity contribution in [2.24, 2.45) is 0 Å². The van der Waals surface area contributed by atoms with Crippen LogP contribution in [0, 0.1) is 0 Å². The lowest BCUT2D eigenvalue weighted by Crippen LogP contribution is -2.53. The van der Waals surface area contributed by atoms with E-state index in [0.29, 0.717) is 6.54 Å². The molecule has 0 radical (unpaired) electrons. The van der Waals surface area contributed by atoms with Gasteiger partial charge in [0.25, 0.3) is 5.91 Å². The quantitative estimate of drug-likeness (QED) is 0.646. The third kappa shape index (κ3) is 3.35. The van der Waals surface area contributed by atoms with Gasteiger partial charge in [0, 0.05) is 6.54 Å². The second-order valence-electron chi connectivity index (χ2n) is 4.24. The van der Waals surface area contributed by atoms with Crippen LogP contribution in [0.2, 0.25) is 0 Å². The van der Waals surface area contributed by atoms with Crippen molar-refractivity contribution in [3.05, 3.63) is 0 Å². The van der Waals surface area contributed by atoms with Crippen LogP contribution in [0.25, 0.3) is 0 Å². The SMILES string of the molecule is CCNC(=O)C[N+]1(C)CCCCC1. The normalized spacial score (nSPS) is 21.1. The highest BCUT2D eigenvalue weighted by Crippen LogP contribution is 2.15. The molecule has 3 nitrogen and oxygen atoms in total. The summed E-state index contributed by atoms with van der Waals surface area (Å²) >= 11 is 0. The van der Waals surface area contributed by atoms with Crippen molar-refractivity contribution < 1.29 is 9.28 Å². The number of quaternary nitrogens is 1. The molecular weight excluding hydrogens is 164 g/mol. The number of rotatable bonds is 3. The van der Waals surface area contributed by atoms with E-state index in [4.69, 9.17) is 0 Å². The van der Waals surface area contributed by atoms with Gasteiger partial charge in [0.2, 0.25) is 0 Å². The Bertz CT molecular complexity index is 174. The monoisotopic (exact) mass is 185 g/mol. The summed E-state index contributed by atoms with van der Waals surface area (Å²) in [5, 5.41) is 2.86. The Labute approximate surface area is 80.7 Å². The Morgan fingerprint density at radius 2 is 1.92 bits per heavy atom. The van der Waals surface area contributed by atoms with Gasteiger partial charge >= 0.3 is 0 Å². The molecule has 1 amide bonds. The summed E-state index contributed by atoms with van der Waals surface area (Å²) in [4.78, 5) is 11.4. The number of hydrogen-bond acceptors (Lipinski definition) is 1. The van der Waals surface area contributed by atoms with Gasteiger partial charge in [0.1, 0.15) is 0 Å². The van der Waals surface area contributed by atoms with Crippen molar-refractivity contribution in [1.82, 2.24) is 5.32 Å². The van der Waals surface area contributed by atoms with Gasteiger partial charge < -0.3 is 9.80 Å². The highest BCUT2D eigenvalue weighted by molar-refractivity contribution is 5.76. The summed E-state index contributed by atoms with van der Waals surface area (Å²) in [6.45, 7) is 5.70. The van der Waals surface area contributed by atoms with E-state index in [0.717, 1.165) is 24.1 Å². The average molecular weight is 185 g/mol. The summed E-state index contributed by atoms with van der Waals surface area (Å²) in [7, 11) is 2.19. The van der Waals surface area contributed by atoms with Gasteiger partial charge in [0.15, 0.2) is 6.54 Å². The second kappa shape index (κ2) is 4.61. The fourth-order valence-electron chi connectivity index (χ4n) is 2.03. The number of carbonyl (C=O) groups excluding carboxylic acids is 1. The van der Waals surface area contributed by atoms with Crippen LogP contribution in [0.1, 0.15) is 26.2 Å². The zero-order valence-electron chi connectivity index (χ0n) is 8.81. The molecule has 0 aromatic rings. The zero-order chi connectivity index (χ0) is 9.73. The van der Waals surface area contributed by atoms with Crippen molar-refractivity contribution in [1.29, 1.82) is 0 Å². The number of nitrogens with one attached hydrogen (secondary N) is 1. The van der Waals surface area contributed by atoms with Gasteiger partial charge in [0.05, 0.1) is 20.1 Å². The number of nitrogens with zero attached hydrogens (tertiary/aromatic N) is 1. The van der Waals surface area contributed by atoms with E-state index in [1.807, 2.05) is 6.92 Å². The summed E-state index contributed by atoms with van der Waals surface area (Å²) in [5.74, 6) is 0.201. The molecule has 1 aliphatic heterocycles. The largest absolute Gasteiger partial charge is 0.351 e. The third-order valence-corrected chi connectivity index (χ3v) is 2.80. The van der Waals surface area contributed by atoms with Gasteiger partial charge in [-0.3, -0.25) is 4.79 Å². The molecule has 3 heteroatoms. The van der Waals surface area contributed by atoms with Crippen LogP contribution in [0.4, 0.5) is 0 Å². The Balaban J connectivity index is 2.36. The highest BCUT2D eigenvalue weighted by atomic mass is 16.2. The lowest BCUT2D eigenvalue weighted by atomic mass is 10.1. The summed E-state index contributed by atoms with van der Waals surface area (Å²) < 4.78 is 0.936. The van der Waals surface area contributed by atoms with Crippen LogP contribution >= 0.6 is 0 Å². The third-order valence-electron chi connectivity index (χ3n) is 2.80. The van der Waals surface area contributed by atoms with Crippen molar-refractivity contribution in [2.75, 3.05) is 33.2 Å². The summed E-state index contributed by atoms with van der Waals surface area (Å²) in [5.41, 5.74) is 0. The minimum absolute atomic E-state index is 0.201. The van der Waals surface area contributed by atoms with Crippen LogP contribution in [0.3, 0.4) is 0 Å². The molecule has 1 heterocycles. The van der Waals surface area contributed by atoms with E-state index in [1.54, 1.807) is 0 Å². The van der Waals surface area contributed by atoms with Crippen LogP contribution in [-0.4, -0.2) is 43.6 Å². The van der Waals surface area contributed by atoms with Crippen LogP contribution in [0.15, 0.2) is 0 Å². The maximum atomic E-state index is 11.4. The molecule has 0 atom stereocenters. The zero-order valence-corrected chi connectivity index (χ0v) is 8.81. The molecule has 1 saturated heterocycles. The lowest BCUT2D eigenvalue weighted by molar-refractivity contribution is -0.906. The minimum Gasteiger partial charge on any atom is -0.351 e. The molecule has 1 aliphatic rings. The topological polar surface area (TPSA) is 29.1 Å². The first-order valence-electron chi connectivity index (χ1n) is 5.26. The first kappa shape index (κ1) is 10.5. The van der Waals surface area contributed by atoms with Gasteiger partial charge in [-0.15, -0.1) is 0 Å². The molecule has 1 rings (SSSR count). The van der Waals surface area contributed by atoms with Gasteiger partial charge in [-0.2, -0.15) is 0 Å². The molecule has 0 saturated carbocycles. The predicted octanol–water partition coefficient (Wildman–Crippen LogP) is 0.753. The lowest BCUT2D eigenvalue weighted by Gasteiger charge is -2.36. The molecule has 0 unspecified atom stereocenters. The van der Waals surface area contributed by atoms with Crippen LogP contribution in [-0.2, 0) is 4.79 Å². The Hall–Kier alpha value is -0.570. The highest BCUT2D eigenvalue weighted by Gasteiger charge is 2.27. The fourth-order valence-corrected chi connectivity index (χ4v) is 2.03. The Morgan fingerprint density at radius 1 is 1.31 bits per heavy atom. The fraction of sp³-hybridized carbons (Fsp3) is 0.900. The van der Waals surface area contributed by atoms with Crippen molar-refractivity contribution >= 4 is 5.91 Å². The molecule has 13 heavy (non-hydrogen) atoms. The molecule has 1 N–H and O–H groups in total. The van der Waals surface area contributed by atoms with E-state index in [9.17, 15) is 4.79 Å². The number of hydrogen-bond donors (Lipinski definition) is 1. The second-order valence-corrected chi connectivity index (χ2v) is 4.24. The Kier molecular flexibility index (Phi) is 3.72. The number of piperidine rings is 1. The number of likely N-dealkylation sites (tertiary alicyclic amines) is 1. The summed E-state index contributed by atoms with van der Waals surface area (Å²) in [6, 6.07) is 0. The van der Waals surface area contributed by atoms with Crippen molar-refractivity contribution in [3.63, 3.8) is 0 Å². The number of carbonyl (C=O) groups is 1. The maximum Gasteiger partial charge on any atom is 0.275 e. The van der Waals surface area contributed by atoms with E-state index in [1.165, 1.54) is 19.3 Å². The first-order valence-corrected chi connectivity index (χ1v) is 5.26. The minimum atomic E-state index is 0.201.